The van der Waals surface area contributed by atoms with Gasteiger partial charge in [-0.15, -0.1) is 6.58 Å². The molecule has 0 radical (unpaired) electrons. The number of aromatic hydroxyl groups is 1. The summed E-state index contributed by atoms with van der Waals surface area (Å²) in [7, 11) is 1.52. The van der Waals surface area contributed by atoms with Crippen molar-refractivity contribution in [2.45, 2.75) is 25.2 Å². The zero-order chi connectivity index (χ0) is 28.6. The highest BCUT2D eigenvalue weighted by atomic mass is 32.1. The minimum absolute atomic E-state index is 0.0603. The lowest BCUT2D eigenvalue weighted by atomic mass is 9.98. The van der Waals surface area contributed by atoms with Crippen LogP contribution >= 0.6 is 11.3 Å². The number of fused-ring (bicyclic) bond motifs is 2. The molecule has 1 aromatic heterocycles. The van der Waals surface area contributed by atoms with E-state index in [1.807, 2.05) is 18.2 Å². The fourth-order valence-electron chi connectivity index (χ4n) is 5.42. The number of phenolic OH excluding ortho intramolecular Hbond substituents is 1. The Morgan fingerprint density at radius 1 is 1.30 bits per heavy atom. The number of carbonyl (C=O) groups excluding carboxylic acids is 3. The summed E-state index contributed by atoms with van der Waals surface area (Å²) in [4.78, 5) is 48.1. The van der Waals surface area contributed by atoms with Crippen molar-refractivity contribution in [1.82, 2.24) is 30.1 Å². The molecule has 3 aromatic rings. The highest BCUT2D eigenvalue weighted by Gasteiger charge is 2.52. The number of hydrogen-bond acceptors (Lipinski definition) is 8. The van der Waals surface area contributed by atoms with Gasteiger partial charge in [0, 0.05) is 25.6 Å². The molecule has 208 valence electrons. The van der Waals surface area contributed by atoms with Crippen LogP contribution in [0, 0.1) is 0 Å². The monoisotopic (exact) mass is 561 g/mol. The van der Waals surface area contributed by atoms with Gasteiger partial charge in [0.1, 0.15) is 18.0 Å². The van der Waals surface area contributed by atoms with Gasteiger partial charge in [-0.1, -0.05) is 48.3 Å². The van der Waals surface area contributed by atoms with Crippen molar-refractivity contribution in [3.63, 3.8) is 0 Å². The number of piperazine rings is 1. The lowest BCUT2D eigenvalue weighted by Crippen LogP contribution is -2.65. The fourth-order valence-corrected chi connectivity index (χ4v) is 6.20. The number of aromatic nitrogens is 1. The fraction of sp³-hybridized carbons (Fsp3) is 0.286. The van der Waals surface area contributed by atoms with Crippen LogP contribution in [0.5, 0.6) is 5.75 Å². The van der Waals surface area contributed by atoms with E-state index in [1.54, 1.807) is 39.1 Å². The summed E-state index contributed by atoms with van der Waals surface area (Å²) in [6, 6.07) is 9.59. The summed E-state index contributed by atoms with van der Waals surface area (Å²) in [5.41, 5.74) is 8.85. The quantitative estimate of drug-likeness (QED) is 0.360. The van der Waals surface area contributed by atoms with E-state index in [0.717, 1.165) is 21.3 Å². The van der Waals surface area contributed by atoms with Crippen LogP contribution in [0.15, 0.2) is 55.6 Å². The van der Waals surface area contributed by atoms with Gasteiger partial charge in [0.2, 0.25) is 11.8 Å². The van der Waals surface area contributed by atoms with E-state index in [4.69, 9.17) is 5.73 Å². The van der Waals surface area contributed by atoms with E-state index in [0.29, 0.717) is 10.7 Å². The molecule has 12 heteroatoms. The Bertz CT molecular complexity index is 1510. The van der Waals surface area contributed by atoms with Gasteiger partial charge in [0.25, 0.3) is 0 Å². The van der Waals surface area contributed by atoms with Crippen LogP contribution < -0.4 is 11.1 Å². The van der Waals surface area contributed by atoms with E-state index in [2.05, 4.69) is 23.5 Å². The Morgan fingerprint density at radius 2 is 2.10 bits per heavy atom. The summed E-state index contributed by atoms with van der Waals surface area (Å²) < 4.78 is 0.924. The molecule has 1 unspecified atom stereocenters. The van der Waals surface area contributed by atoms with Crippen LogP contribution in [0.3, 0.4) is 0 Å². The Morgan fingerprint density at radius 3 is 2.83 bits per heavy atom. The Labute approximate surface area is 235 Å². The Kier molecular flexibility index (Phi) is 7.46. The van der Waals surface area contributed by atoms with E-state index < -0.39 is 12.2 Å². The number of anilines is 1. The second kappa shape index (κ2) is 11.0. The first kappa shape index (κ1) is 27.2. The molecule has 0 aliphatic carbocycles. The molecule has 2 aromatic carbocycles. The maximum absolute atomic E-state index is 14.1. The standard InChI is InChI=1S/C28H31N7O4S/c1-4-11-33(28(39)30-3)34-16-24(37)35-20(13-17-9-10-21(36)18(5-2)12-17)26(38)32(15-23(34)35)14-19-7-6-8-22-25(19)31-27(29)40-22/h4-10,12,20,23,36H,1-2,11,13-16H2,3H3,(H2,29,31)(H,30,39)/t20-,23?/m0/s1. The van der Waals surface area contributed by atoms with E-state index in [-0.39, 0.29) is 56.2 Å². The number of amides is 4. The number of hydrogen-bond donors (Lipinski definition) is 3. The van der Waals surface area contributed by atoms with Crippen molar-refractivity contribution in [2.75, 3.05) is 32.4 Å². The average molecular weight is 562 g/mol. The zero-order valence-corrected chi connectivity index (χ0v) is 22.9. The topological polar surface area (TPSA) is 135 Å². The van der Waals surface area contributed by atoms with E-state index >= 15 is 0 Å². The first-order valence-corrected chi connectivity index (χ1v) is 13.6. The molecule has 40 heavy (non-hydrogen) atoms. The number of nitrogens with zero attached hydrogens (tertiary/aromatic N) is 5. The largest absolute Gasteiger partial charge is 0.507 e. The first-order valence-electron chi connectivity index (χ1n) is 12.8. The summed E-state index contributed by atoms with van der Waals surface area (Å²) >= 11 is 1.38. The van der Waals surface area contributed by atoms with Gasteiger partial charge >= 0.3 is 6.03 Å². The van der Waals surface area contributed by atoms with Crippen LogP contribution in [-0.2, 0) is 22.6 Å². The molecule has 2 atom stereocenters. The lowest BCUT2D eigenvalue weighted by Gasteiger charge is -2.46. The number of nitrogens with one attached hydrogen (secondary N) is 1. The van der Waals surface area contributed by atoms with Gasteiger partial charge in [0.05, 0.1) is 29.9 Å². The minimum Gasteiger partial charge on any atom is -0.507 e. The van der Waals surface area contributed by atoms with Crippen LogP contribution in [0.4, 0.5) is 9.93 Å². The smallest absolute Gasteiger partial charge is 0.332 e. The lowest BCUT2D eigenvalue weighted by molar-refractivity contribution is -0.157. The Hall–Kier alpha value is -4.42. The summed E-state index contributed by atoms with van der Waals surface area (Å²) in [5.74, 6) is -0.383. The molecule has 4 N–H and O–H groups in total. The molecule has 5 rings (SSSR count). The van der Waals surface area contributed by atoms with E-state index in [1.165, 1.54) is 29.5 Å². The third kappa shape index (κ3) is 4.87. The molecular formula is C28H31N7O4S. The number of thiazole rings is 1. The van der Waals surface area contributed by atoms with Crippen LogP contribution in [0.2, 0.25) is 0 Å². The molecule has 11 nitrogen and oxygen atoms in total. The predicted octanol–water partition coefficient (Wildman–Crippen LogP) is 2.39. The molecule has 0 saturated carbocycles. The first-order chi connectivity index (χ1) is 19.2. The van der Waals surface area contributed by atoms with Gasteiger partial charge < -0.3 is 26.0 Å². The number of para-hydroxylation sites is 1. The maximum Gasteiger partial charge on any atom is 0.332 e. The molecular weight excluding hydrogens is 530 g/mol. The van der Waals surface area contributed by atoms with Gasteiger partial charge in [-0.2, -0.15) is 5.01 Å². The third-order valence-electron chi connectivity index (χ3n) is 7.25. The average Bonchev–Trinajstić information content (AvgIpc) is 3.49. The van der Waals surface area contributed by atoms with Crippen molar-refractivity contribution >= 4 is 50.6 Å². The molecule has 2 saturated heterocycles. The number of urea groups is 1. The molecule has 3 heterocycles. The number of carbonyl (C=O) groups is 3. The Balaban J connectivity index is 1.54. The van der Waals surface area contributed by atoms with Gasteiger partial charge in [-0.25, -0.2) is 9.78 Å². The summed E-state index contributed by atoms with van der Waals surface area (Å²) in [6.45, 7) is 8.09. The molecule has 2 aliphatic heterocycles. The number of phenols is 1. The van der Waals surface area contributed by atoms with Gasteiger partial charge in [-0.05, 0) is 29.3 Å². The number of nitrogen functional groups attached to an aromatic ring is 1. The highest BCUT2D eigenvalue weighted by Crippen LogP contribution is 2.33. The van der Waals surface area contributed by atoms with Gasteiger partial charge in [0.15, 0.2) is 5.13 Å². The predicted molar refractivity (Wildman–Crippen MR) is 154 cm³/mol. The van der Waals surface area contributed by atoms with Crippen molar-refractivity contribution in [3.05, 3.63) is 72.3 Å². The van der Waals surface area contributed by atoms with Crippen molar-refractivity contribution in [2.24, 2.45) is 0 Å². The zero-order valence-electron chi connectivity index (χ0n) is 22.1. The molecule has 0 bridgehead atoms. The van der Waals surface area contributed by atoms with Crippen LogP contribution in [0.1, 0.15) is 16.7 Å². The van der Waals surface area contributed by atoms with Crippen LogP contribution in [-0.4, -0.2) is 86.6 Å². The minimum atomic E-state index is -0.826. The van der Waals surface area contributed by atoms with Crippen molar-refractivity contribution in [3.8, 4) is 5.75 Å². The van der Waals surface area contributed by atoms with E-state index in [9.17, 15) is 19.5 Å². The SMILES string of the molecule is C=CCN(C(=O)NC)N1CC(=O)N2C1CN(Cc1cccc3sc(N)nc13)C(=O)[C@@H]2Cc1ccc(O)c(C=C)c1. The second-order valence-electron chi connectivity index (χ2n) is 9.66. The normalized spacial score (nSPS) is 19.1. The molecule has 4 amide bonds. The summed E-state index contributed by atoms with van der Waals surface area (Å²) in [6.07, 6.45) is 2.77. The molecule has 2 fully saturated rings. The highest BCUT2D eigenvalue weighted by molar-refractivity contribution is 7.22. The number of hydrazine groups is 1. The maximum atomic E-state index is 14.1. The third-order valence-corrected chi connectivity index (χ3v) is 8.10. The summed E-state index contributed by atoms with van der Waals surface area (Å²) in [5, 5.41) is 16.3. The number of benzene rings is 2. The van der Waals surface area contributed by atoms with Crippen molar-refractivity contribution < 1.29 is 19.5 Å². The second-order valence-corrected chi connectivity index (χ2v) is 10.7. The van der Waals surface area contributed by atoms with Crippen molar-refractivity contribution in [1.29, 1.82) is 0 Å². The number of nitrogens with two attached hydrogens (primary N) is 1. The molecule has 0 spiro atoms. The molecule has 2 aliphatic rings. The number of rotatable bonds is 8. The van der Waals surface area contributed by atoms with Crippen LogP contribution in [0.25, 0.3) is 16.3 Å². The van der Waals surface area contributed by atoms with Gasteiger partial charge in [-0.3, -0.25) is 14.6 Å².